The van der Waals surface area contributed by atoms with Gasteiger partial charge in [-0.05, 0) is 39.0 Å². The Balaban J connectivity index is 1.91. The van der Waals surface area contributed by atoms with Gasteiger partial charge in [0.15, 0.2) is 6.29 Å². The number of aromatic nitrogens is 1. The number of carbonyl (C=O) groups is 1. The van der Waals surface area contributed by atoms with E-state index >= 15 is 0 Å². The van der Waals surface area contributed by atoms with Crippen LogP contribution >= 0.6 is 0 Å². The van der Waals surface area contributed by atoms with Crippen molar-refractivity contribution in [3.8, 4) is 17.2 Å². The molecular weight excluding hydrogens is 396 g/mol. The van der Waals surface area contributed by atoms with Crippen LogP contribution in [0.2, 0.25) is 0 Å². The molecule has 29 heavy (non-hydrogen) atoms. The van der Waals surface area contributed by atoms with E-state index in [0.29, 0.717) is 36.3 Å². The number of benzene rings is 1. The van der Waals surface area contributed by atoms with Crippen molar-refractivity contribution in [2.75, 3.05) is 32.6 Å². The minimum Gasteiger partial charge on any atom is -0.497 e. The molecule has 9 heteroatoms. The first-order valence-corrected chi connectivity index (χ1v) is 10.9. The van der Waals surface area contributed by atoms with E-state index in [1.807, 2.05) is 38.1 Å². The topological polar surface area (TPSA) is 99.9 Å². The van der Waals surface area contributed by atoms with E-state index < -0.39 is 17.1 Å². The van der Waals surface area contributed by atoms with Crippen LogP contribution in [0.4, 0.5) is 0 Å². The Hall–Kier alpha value is -2.23. The summed E-state index contributed by atoms with van der Waals surface area (Å²) in [5, 5.41) is 2.69. The van der Waals surface area contributed by atoms with E-state index in [1.165, 1.54) is 0 Å². The van der Waals surface area contributed by atoms with Gasteiger partial charge in [0.05, 0.1) is 25.1 Å². The first-order chi connectivity index (χ1) is 14.0. The molecule has 2 rings (SSSR count). The third-order valence-corrected chi connectivity index (χ3v) is 5.15. The molecule has 0 fully saturated rings. The molecule has 1 aromatic heterocycles. The zero-order valence-corrected chi connectivity index (χ0v) is 18.0. The Morgan fingerprint density at radius 1 is 1.28 bits per heavy atom. The summed E-state index contributed by atoms with van der Waals surface area (Å²) in [6.07, 6.45) is -0.509. The van der Waals surface area contributed by atoms with E-state index in [1.54, 1.807) is 14.0 Å². The van der Waals surface area contributed by atoms with Crippen molar-refractivity contribution in [2.45, 2.75) is 32.8 Å². The van der Waals surface area contributed by atoms with Gasteiger partial charge in [0.25, 0.3) is 0 Å². The fraction of sp³-hybridized carbons (Fsp3) is 0.500. The molecule has 0 bridgehead atoms. The van der Waals surface area contributed by atoms with Crippen molar-refractivity contribution < 1.29 is 27.6 Å². The first-order valence-electron chi connectivity index (χ1n) is 9.42. The maximum atomic E-state index is 12.4. The zero-order valence-electron chi connectivity index (χ0n) is 17.2. The van der Waals surface area contributed by atoms with Crippen LogP contribution in [0.25, 0.3) is 11.5 Å². The number of oxazole rings is 1. The molecule has 2 aromatic rings. The number of carbonyl (C=O) groups excluding carboxylic acids is 1. The summed E-state index contributed by atoms with van der Waals surface area (Å²) in [7, 11) is 0.164. The Labute approximate surface area is 173 Å². The second kappa shape index (κ2) is 11.7. The van der Waals surface area contributed by atoms with Crippen LogP contribution < -0.4 is 10.1 Å². The standard InChI is InChI=1S/C20H28N2O6S/c1-5-26-19(27-6-2)11-21-18(23)13-29(24)12-17-14(3)28-20(22-17)15-8-7-9-16(10-15)25-4/h7-10,19H,5-6,11-13H2,1-4H3,(H,21,23)/t29-/m0/s1. The highest BCUT2D eigenvalue weighted by atomic mass is 32.2. The normalized spacial score (nSPS) is 12.2. The molecule has 1 N–H and O–H groups in total. The van der Waals surface area contributed by atoms with Crippen LogP contribution in [0.15, 0.2) is 28.7 Å². The average molecular weight is 425 g/mol. The Bertz CT molecular complexity index is 817. The van der Waals surface area contributed by atoms with Gasteiger partial charge in [-0.15, -0.1) is 0 Å². The molecule has 1 heterocycles. The van der Waals surface area contributed by atoms with Crippen LogP contribution in [-0.4, -0.2) is 54.0 Å². The minimum atomic E-state index is -1.42. The van der Waals surface area contributed by atoms with Gasteiger partial charge in [-0.2, -0.15) is 0 Å². The van der Waals surface area contributed by atoms with E-state index in [2.05, 4.69) is 10.3 Å². The van der Waals surface area contributed by atoms with Gasteiger partial charge in [-0.3, -0.25) is 9.00 Å². The second-order valence-corrected chi connectivity index (χ2v) is 7.58. The van der Waals surface area contributed by atoms with Gasteiger partial charge in [0.1, 0.15) is 17.3 Å². The van der Waals surface area contributed by atoms with E-state index in [4.69, 9.17) is 18.6 Å². The number of nitrogens with one attached hydrogen (secondary N) is 1. The summed E-state index contributed by atoms with van der Waals surface area (Å²) in [5.41, 5.74) is 1.33. The molecule has 160 valence electrons. The second-order valence-electron chi connectivity index (χ2n) is 6.13. The maximum absolute atomic E-state index is 12.4. The SMILES string of the molecule is CCOC(CNC(=O)C[S@@](=O)Cc1nc(-c2cccc(OC)c2)oc1C)OCC. The Morgan fingerprint density at radius 2 is 2.00 bits per heavy atom. The highest BCUT2D eigenvalue weighted by Gasteiger charge is 2.17. The molecule has 1 aromatic carbocycles. The van der Waals surface area contributed by atoms with Crippen molar-refractivity contribution in [2.24, 2.45) is 0 Å². The summed E-state index contributed by atoms with van der Waals surface area (Å²) in [4.78, 5) is 16.5. The number of methoxy groups -OCH3 is 1. The fourth-order valence-electron chi connectivity index (χ4n) is 2.58. The number of nitrogens with zero attached hydrogens (tertiary/aromatic N) is 1. The van der Waals surface area contributed by atoms with Crippen LogP contribution in [0.5, 0.6) is 5.75 Å². The van der Waals surface area contributed by atoms with Crippen LogP contribution in [0, 0.1) is 6.92 Å². The van der Waals surface area contributed by atoms with Crippen LogP contribution in [-0.2, 0) is 30.8 Å². The maximum Gasteiger partial charge on any atom is 0.232 e. The van der Waals surface area contributed by atoms with Crippen molar-refractivity contribution in [3.05, 3.63) is 35.7 Å². The molecule has 1 atom stereocenters. The molecular formula is C20H28N2O6S. The molecule has 0 spiro atoms. The molecule has 0 radical (unpaired) electrons. The molecule has 0 saturated heterocycles. The molecule has 1 amide bonds. The predicted octanol–water partition coefficient (Wildman–Crippen LogP) is 2.42. The molecule has 0 unspecified atom stereocenters. The summed E-state index contributed by atoms with van der Waals surface area (Å²) in [6.45, 7) is 6.63. The van der Waals surface area contributed by atoms with Crippen molar-refractivity contribution in [1.82, 2.24) is 10.3 Å². The Morgan fingerprint density at radius 3 is 2.66 bits per heavy atom. The number of rotatable bonds is 12. The molecule has 0 aliphatic heterocycles. The monoisotopic (exact) mass is 424 g/mol. The lowest BCUT2D eigenvalue weighted by Gasteiger charge is -2.17. The minimum absolute atomic E-state index is 0.132. The van der Waals surface area contributed by atoms with Gasteiger partial charge >= 0.3 is 0 Å². The van der Waals surface area contributed by atoms with E-state index in [0.717, 1.165) is 5.56 Å². The predicted molar refractivity (Wildman–Crippen MR) is 110 cm³/mol. The van der Waals surface area contributed by atoms with Crippen LogP contribution in [0.3, 0.4) is 0 Å². The number of amides is 1. The van der Waals surface area contributed by atoms with Gasteiger partial charge < -0.3 is 23.9 Å². The number of hydrogen-bond acceptors (Lipinski definition) is 7. The third-order valence-electron chi connectivity index (χ3n) is 3.97. The lowest BCUT2D eigenvalue weighted by atomic mass is 10.2. The lowest BCUT2D eigenvalue weighted by Crippen LogP contribution is -2.37. The summed E-state index contributed by atoms with van der Waals surface area (Å²) >= 11 is 0. The molecule has 0 aliphatic rings. The van der Waals surface area contributed by atoms with Crippen LogP contribution in [0.1, 0.15) is 25.3 Å². The third kappa shape index (κ3) is 7.26. The first kappa shape index (κ1) is 23.1. The molecule has 8 nitrogen and oxygen atoms in total. The highest BCUT2D eigenvalue weighted by Crippen LogP contribution is 2.25. The largest absolute Gasteiger partial charge is 0.497 e. The molecule has 0 aliphatic carbocycles. The quantitative estimate of drug-likeness (QED) is 0.522. The van der Waals surface area contributed by atoms with Gasteiger partial charge in [0.2, 0.25) is 11.8 Å². The average Bonchev–Trinajstić information content (AvgIpc) is 3.06. The smallest absolute Gasteiger partial charge is 0.232 e. The lowest BCUT2D eigenvalue weighted by molar-refractivity contribution is -0.139. The highest BCUT2D eigenvalue weighted by molar-refractivity contribution is 7.84. The van der Waals surface area contributed by atoms with E-state index in [9.17, 15) is 9.00 Å². The number of hydrogen-bond donors (Lipinski definition) is 1. The fourth-order valence-corrected chi connectivity index (χ4v) is 3.65. The number of aryl methyl sites for hydroxylation is 1. The van der Waals surface area contributed by atoms with Gasteiger partial charge in [0, 0.05) is 29.6 Å². The van der Waals surface area contributed by atoms with Crippen molar-refractivity contribution in [3.63, 3.8) is 0 Å². The summed E-state index contributed by atoms with van der Waals surface area (Å²) in [6, 6.07) is 7.34. The van der Waals surface area contributed by atoms with Gasteiger partial charge in [-0.1, -0.05) is 6.07 Å². The number of ether oxygens (including phenoxy) is 3. The van der Waals surface area contributed by atoms with Crippen molar-refractivity contribution in [1.29, 1.82) is 0 Å². The van der Waals surface area contributed by atoms with Gasteiger partial charge in [-0.25, -0.2) is 4.98 Å². The van der Waals surface area contributed by atoms with E-state index in [-0.39, 0.29) is 24.0 Å². The Kier molecular flexibility index (Phi) is 9.30. The van der Waals surface area contributed by atoms with Crippen molar-refractivity contribution >= 4 is 16.7 Å². The summed E-state index contributed by atoms with van der Waals surface area (Å²) in [5.74, 6) is 1.36. The zero-order chi connectivity index (χ0) is 21.2. The summed E-state index contributed by atoms with van der Waals surface area (Å²) < 4.78 is 34.1. The molecule has 0 saturated carbocycles.